The summed E-state index contributed by atoms with van der Waals surface area (Å²) in [6, 6.07) is 6.76. The second kappa shape index (κ2) is 4.15. The number of halogens is 2. The summed E-state index contributed by atoms with van der Waals surface area (Å²) in [5, 5.41) is 3.96. The molecule has 0 spiro atoms. The zero-order chi connectivity index (χ0) is 11.7. The van der Waals surface area contributed by atoms with E-state index in [-0.39, 0.29) is 10.0 Å². The van der Waals surface area contributed by atoms with Crippen molar-refractivity contribution in [1.82, 2.24) is 9.78 Å². The highest BCUT2D eigenvalue weighted by Crippen LogP contribution is 2.16. The lowest BCUT2D eigenvalue weighted by Crippen LogP contribution is -2.21. The maximum atomic E-state index is 11.7. The van der Waals surface area contributed by atoms with Crippen molar-refractivity contribution >= 4 is 28.9 Å². The van der Waals surface area contributed by atoms with Crippen LogP contribution in [0.3, 0.4) is 0 Å². The molecule has 4 nitrogen and oxygen atoms in total. The lowest BCUT2D eigenvalue weighted by molar-refractivity contribution is 0.808. The van der Waals surface area contributed by atoms with Crippen LogP contribution in [0.25, 0.3) is 5.69 Å². The van der Waals surface area contributed by atoms with Crippen LogP contribution in [0.4, 0.5) is 5.69 Å². The van der Waals surface area contributed by atoms with E-state index in [2.05, 4.69) is 5.10 Å². The van der Waals surface area contributed by atoms with E-state index in [0.717, 1.165) is 4.68 Å². The van der Waals surface area contributed by atoms with Crippen LogP contribution in [0, 0.1) is 0 Å². The highest BCUT2D eigenvalue weighted by atomic mass is 35.5. The second-order valence-corrected chi connectivity index (χ2v) is 3.90. The standard InChI is InChI=1S/C10H7Cl2N3O/c11-8-5-14-15(10(16)9(8)12)7-3-1-2-6(13)4-7/h1-5H,13H2. The highest BCUT2D eigenvalue weighted by Gasteiger charge is 2.08. The van der Waals surface area contributed by atoms with E-state index in [1.54, 1.807) is 24.3 Å². The van der Waals surface area contributed by atoms with E-state index in [1.165, 1.54) is 6.20 Å². The molecule has 0 saturated carbocycles. The molecule has 82 valence electrons. The molecule has 1 aromatic carbocycles. The first-order chi connectivity index (χ1) is 7.59. The Morgan fingerprint density at radius 2 is 2.06 bits per heavy atom. The lowest BCUT2D eigenvalue weighted by Gasteiger charge is -2.05. The Kier molecular flexibility index (Phi) is 2.85. The number of benzene rings is 1. The summed E-state index contributed by atoms with van der Waals surface area (Å²) in [6.45, 7) is 0. The minimum Gasteiger partial charge on any atom is -0.399 e. The normalized spacial score (nSPS) is 10.4. The number of hydrogen-bond donors (Lipinski definition) is 1. The lowest BCUT2D eigenvalue weighted by atomic mass is 10.3. The third-order valence-electron chi connectivity index (χ3n) is 1.99. The molecular weight excluding hydrogens is 249 g/mol. The Balaban J connectivity index is 2.66. The van der Waals surface area contributed by atoms with Crippen LogP contribution >= 0.6 is 23.2 Å². The van der Waals surface area contributed by atoms with E-state index in [0.29, 0.717) is 11.4 Å². The van der Waals surface area contributed by atoms with Crippen LogP contribution in [0.1, 0.15) is 0 Å². The molecule has 2 aromatic rings. The minimum absolute atomic E-state index is 0.0564. The fourth-order valence-electron chi connectivity index (χ4n) is 1.25. The van der Waals surface area contributed by atoms with Crippen molar-refractivity contribution in [3.63, 3.8) is 0 Å². The van der Waals surface area contributed by atoms with Crippen molar-refractivity contribution in [3.05, 3.63) is 50.9 Å². The Hall–Kier alpha value is -1.52. The van der Waals surface area contributed by atoms with Crippen LogP contribution in [0.5, 0.6) is 0 Å². The first-order valence-corrected chi connectivity index (χ1v) is 5.14. The van der Waals surface area contributed by atoms with Crippen LogP contribution < -0.4 is 11.3 Å². The monoisotopic (exact) mass is 255 g/mol. The Labute approximate surface area is 101 Å². The second-order valence-electron chi connectivity index (χ2n) is 3.12. The number of nitrogen functional groups attached to an aromatic ring is 1. The van der Waals surface area contributed by atoms with Crippen molar-refractivity contribution in [2.75, 3.05) is 5.73 Å². The van der Waals surface area contributed by atoms with Gasteiger partial charge >= 0.3 is 0 Å². The fourth-order valence-corrected chi connectivity index (χ4v) is 1.51. The third-order valence-corrected chi connectivity index (χ3v) is 2.74. The summed E-state index contributed by atoms with van der Waals surface area (Å²) in [6.07, 6.45) is 1.31. The van der Waals surface area contributed by atoms with Crippen molar-refractivity contribution in [3.8, 4) is 5.69 Å². The van der Waals surface area contributed by atoms with E-state index < -0.39 is 5.56 Å². The van der Waals surface area contributed by atoms with Gasteiger partial charge in [0.05, 0.1) is 16.9 Å². The summed E-state index contributed by atoms with van der Waals surface area (Å²) in [5.41, 5.74) is 6.22. The van der Waals surface area contributed by atoms with Crippen molar-refractivity contribution in [2.24, 2.45) is 0 Å². The van der Waals surface area contributed by atoms with Gasteiger partial charge in [0.25, 0.3) is 5.56 Å². The summed E-state index contributed by atoms with van der Waals surface area (Å²) in [7, 11) is 0. The van der Waals surface area contributed by atoms with Gasteiger partial charge in [-0.15, -0.1) is 0 Å². The predicted molar refractivity (Wildman–Crippen MR) is 64.3 cm³/mol. The van der Waals surface area contributed by atoms with Gasteiger partial charge in [-0.25, -0.2) is 0 Å². The molecule has 0 saturated heterocycles. The molecule has 0 fully saturated rings. The summed E-state index contributed by atoms with van der Waals surface area (Å²) in [4.78, 5) is 11.7. The molecule has 0 atom stereocenters. The Morgan fingerprint density at radius 3 is 2.75 bits per heavy atom. The van der Waals surface area contributed by atoms with Gasteiger partial charge in [0.2, 0.25) is 0 Å². The van der Waals surface area contributed by atoms with Crippen LogP contribution in [0.15, 0.2) is 35.3 Å². The number of hydrogen-bond acceptors (Lipinski definition) is 3. The SMILES string of the molecule is Nc1cccc(-n2ncc(Cl)c(Cl)c2=O)c1. The molecule has 2 rings (SSSR count). The fraction of sp³-hybridized carbons (Fsp3) is 0. The third kappa shape index (κ3) is 1.89. The number of anilines is 1. The van der Waals surface area contributed by atoms with Gasteiger partial charge in [-0.1, -0.05) is 29.3 Å². The van der Waals surface area contributed by atoms with Gasteiger partial charge in [0.1, 0.15) is 5.02 Å². The number of nitrogens with two attached hydrogens (primary N) is 1. The topological polar surface area (TPSA) is 60.9 Å². The number of aromatic nitrogens is 2. The molecule has 6 heteroatoms. The van der Waals surface area contributed by atoms with E-state index in [1.807, 2.05) is 0 Å². The first kappa shape index (κ1) is 11.0. The van der Waals surface area contributed by atoms with Crippen LogP contribution in [-0.2, 0) is 0 Å². The molecule has 0 aliphatic heterocycles. The zero-order valence-corrected chi connectivity index (χ0v) is 9.53. The van der Waals surface area contributed by atoms with E-state index in [9.17, 15) is 4.79 Å². The average Bonchev–Trinajstić information content (AvgIpc) is 2.26. The van der Waals surface area contributed by atoms with Gasteiger partial charge in [0, 0.05) is 5.69 Å². The predicted octanol–water partition coefficient (Wildman–Crippen LogP) is 2.12. The molecule has 0 radical (unpaired) electrons. The molecule has 0 aliphatic carbocycles. The van der Waals surface area contributed by atoms with Gasteiger partial charge in [0.15, 0.2) is 0 Å². The van der Waals surface area contributed by atoms with Crippen molar-refractivity contribution < 1.29 is 0 Å². The van der Waals surface area contributed by atoms with Crippen LogP contribution in [0.2, 0.25) is 10.0 Å². The molecule has 0 bridgehead atoms. The van der Waals surface area contributed by atoms with E-state index in [4.69, 9.17) is 28.9 Å². The quantitative estimate of drug-likeness (QED) is 0.795. The summed E-state index contributed by atoms with van der Waals surface area (Å²) >= 11 is 11.4. The smallest absolute Gasteiger partial charge is 0.291 e. The van der Waals surface area contributed by atoms with Gasteiger partial charge in [-0.2, -0.15) is 9.78 Å². The minimum atomic E-state index is -0.472. The Morgan fingerprint density at radius 1 is 1.31 bits per heavy atom. The molecule has 0 aliphatic rings. The molecule has 1 heterocycles. The Bertz CT molecular complexity index is 595. The van der Waals surface area contributed by atoms with Crippen LogP contribution in [-0.4, -0.2) is 9.78 Å². The highest BCUT2D eigenvalue weighted by molar-refractivity contribution is 6.41. The molecular formula is C10H7Cl2N3O. The summed E-state index contributed by atoms with van der Waals surface area (Å²) in [5.74, 6) is 0. The molecule has 16 heavy (non-hydrogen) atoms. The molecule has 1 aromatic heterocycles. The molecule has 2 N–H and O–H groups in total. The first-order valence-electron chi connectivity index (χ1n) is 4.39. The maximum Gasteiger partial charge on any atom is 0.291 e. The van der Waals surface area contributed by atoms with Gasteiger partial charge in [-0.3, -0.25) is 4.79 Å². The summed E-state index contributed by atoms with van der Waals surface area (Å²) < 4.78 is 1.14. The van der Waals surface area contributed by atoms with E-state index >= 15 is 0 Å². The number of rotatable bonds is 1. The zero-order valence-electron chi connectivity index (χ0n) is 8.02. The maximum absolute atomic E-state index is 11.7. The molecule has 0 unspecified atom stereocenters. The average molecular weight is 256 g/mol. The largest absolute Gasteiger partial charge is 0.399 e. The molecule has 0 amide bonds. The van der Waals surface area contributed by atoms with Gasteiger partial charge < -0.3 is 5.73 Å². The van der Waals surface area contributed by atoms with Crippen molar-refractivity contribution in [1.29, 1.82) is 0 Å². The number of nitrogens with zero attached hydrogens (tertiary/aromatic N) is 2. The van der Waals surface area contributed by atoms with Crippen molar-refractivity contribution in [2.45, 2.75) is 0 Å². The van der Waals surface area contributed by atoms with Gasteiger partial charge in [-0.05, 0) is 18.2 Å².